The fourth-order valence-electron chi connectivity index (χ4n) is 6.73. The molecule has 3 aromatic rings. The lowest BCUT2D eigenvalue weighted by atomic mass is 9.86. The highest BCUT2D eigenvalue weighted by Gasteiger charge is 2.51. The second kappa shape index (κ2) is 8.33. The van der Waals surface area contributed by atoms with Crippen molar-refractivity contribution < 1.29 is 4.84 Å². The van der Waals surface area contributed by atoms with Gasteiger partial charge in [0.15, 0.2) is 5.84 Å². The van der Waals surface area contributed by atoms with Crippen LogP contribution in [0.2, 0.25) is 24.2 Å². The molecule has 1 unspecified atom stereocenters. The van der Waals surface area contributed by atoms with Gasteiger partial charge in [-0.05, 0) is 95.8 Å². The predicted octanol–water partition coefficient (Wildman–Crippen LogP) is 6.26. The first-order chi connectivity index (χ1) is 17.8. The van der Waals surface area contributed by atoms with E-state index in [0.29, 0.717) is 12.0 Å². The summed E-state index contributed by atoms with van der Waals surface area (Å²) in [5, 5.41) is 7.01. The van der Waals surface area contributed by atoms with Crippen LogP contribution in [0.3, 0.4) is 0 Å². The Balaban J connectivity index is 1.32. The summed E-state index contributed by atoms with van der Waals surface area (Å²) in [6.07, 6.45) is 11.3. The van der Waals surface area contributed by atoms with Crippen LogP contribution in [0.1, 0.15) is 47.7 Å². The van der Waals surface area contributed by atoms with Gasteiger partial charge >= 0.3 is 0 Å². The van der Waals surface area contributed by atoms with Gasteiger partial charge < -0.3 is 14.3 Å². The Morgan fingerprint density at radius 3 is 2.81 bits per heavy atom. The van der Waals surface area contributed by atoms with E-state index < -0.39 is 8.07 Å². The van der Waals surface area contributed by atoms with E-state index in [4.69, 9.17) is 16.4 Å². The standard InChI is InChI=1S/C30H33ClN4OSi/c1-20-16-34(19-32-20)26-8-7-21(25-9-12-37(2,3)28(25)26)13-23-15-30(10-11-30)18-35-27(17-36-33-29(23)35)22-5-4-6-24(31)14-22/h4-8,13-14,16,19,27H,9-12,15,17-18H2,1-3H3/b23-13+. The number of hydrogen-bond acceptors (Lipinski definition) is 4. The van der Waals surface area contributed by atoms with Crippen molar-refractivity contribution in [3.63, 3.8) is 0 Å². The SMILES string of the molecule is Cc1cn(-c2ccc(/C=C3\CC4(CC4)CN4C3=NOCC4c3cccc(Cl)c3)c3c2[Si](C)(C)CC3)cn1. The Morgan fingerprint density at radius 2 is 2.05 bits per heavy atom. The van der Waals surface area contributed by atoms with E-state index in [2.05, 4.69) is 76.2 Å². The van der Waals surface area contributed by atoms with Crippen molar-refractivity contribution in [1.82, 2.24) is 14.5 Å². The van der Waals surface area contributed by atoms with Gasteiger partial charge in [-0.15, -0.1) is 0 Å². The lowest BCUT2D eigenvalue weighted by Gasteiger charge is -2.43. The number of oxime groups is 1. The highest BCUT2D eigenvalue weighted by Crippen LogP contribution is 2.55. The molecular weight excluding hydrogens is 496 g/mol. The first kappa shape index (κ1) is 23.3. The van der Waals surface area contributed by atoms with E-state index in [1.807, 2.05) is 18.5 Å². The second-order valence-electron chi connectivity index (χ2n) is 12.1. The van der Waals surface area contributed by atoms with Crippen molar-refractivity contribution in [2.24, 2.45) is 10.6 Å². The quantitative estimate of drug-likeness (QED) is 0.377. The Kier molecular flexibility index (Phi) is 5.25. The highest BCUT2D eigenvalue weighted by atomic mass is 35.5. The molecule has 190 valence electrons. The van der Waals surface area contributed by atoms with Crippen LogP contribution in [0.25, 0.3) is 11.8 Å². The first-order valence-corrected chi connectivity index (χ1v) is 17.0. The zero-order chi connectivity index (χ0) is 25.4. The van der Waals surface area contributed by atoms with E-state index >= 15 is 0 Å². The van der Waals surface area contributed by atoms with Crippen LogP contribution in [-0.4, -0.2) is 41.5 Å². The predicted molar refractivity (Wildman–Crippen MR) is 152 cm³/mol. The summed E-state index contributed by atoms with van der Waals surface area (Å²) in [5.41, 5.74) is 8.13. The maximum Gasteiger partial charge on any atom is 0.172 e. The van der Waals surface area contributed by atoms with Gasteiger partial charge in [0.05, 0.1) is 26.1 Å². The summed E-state index contributed by atoms with van der Waals surface area (Å²) in [7, 11) is -1.54. The molecule has 1 atom stereocenters. The third-order valence-corrected chi connectivity index (χ3v) is 12.6. The monoisotopic (exact) mass is 528 g/mol. The molecular formula is C30H33ClN4OSi. The Morgan fingerprint density at radius 1 is 1.19 bits per heavy atom. The van der Waals surface area contributed by atoms with E-state index in [9.17, 15) is 0 Å². The number of fused-ring (bicyclic) bond motifs is 2. The summed E-state index contributed by atoms with van der Waals surface area (Å²) in [6.45, 7) is 8.69. The minimum Gasteiger partial charge on any atom is -0.392 e. The van der Waals surface area contributed by atoms with Gasteiger partial charge in [-0.3, -0.25) is 0 Å². The second-order valence-corrected chi connectivity index (χ2v) is 17.3. The molecule has 7 heteroatoms. The molecule has 2 fully saturated rings. The average molecular weight is 529 g/mol. The van der Waals surface area contributed by atoms with Crippen LogP contribution < -0.4 is 5.19 Å². The molecule has 0 radical (unpaired) electrons. The molecule has 4 heterocycles. The molecule has 0 amide bonds. The molecule has 1 spiro atoms. The van der Waals surface area contributed by atoms with E-state index in [1.165, 1.54) is 46.8 Å². The first-order valence-electron chi connectivity index (χ1n) is 13.4. The largest absolute Gasteiger partial charge is 0.392 e. The highest BCUT2D eigenvalue weighted by molar-refractivity contribution is 6.91. The summed E-state index contributed by atoms with van der Waals surface area (Å²) in [5.74, 6) is 1.01. The number of imidazole rings is 1. The molecule has 1 saturated heterocycles. The van der Waals surface area contributed by atoms with Crippen molar-refractivity contribution in [3.05, 3.63) is 81.9 Å². The topological polar surface area (TPSA) is 42.7 Å². The molecule has 1 aromatic heterocycles. The number of piperidine rings is 1. The number of amidine groups is 1. The number of rotatable bonds is 3. The van der Waals surface area contributed by atoms with Crippen molar-refractivity contribution in [3.8, 4) is 5.69 Å². The van der Waals surface area contributed by atoms with Crippen LogP contribution in [0.15, 0.2) is 59.7 Å². The van der Waals surface area contributed by atoms with Crippen molar-refractivity contribution >= 4 is 36.8 Å². The fourth-order valence-corrected chi connectivity index (χ4v) is 10.1. The van der Waals surface area contributed by atoms with Gasteiger partial charge in [0.2, 0.25) is 0 Å². The van der Waals surface area contributed by atoms with Gasteiger partial charge in [-0.25, -0.2) is 4.98 Å². The number of aryl methyl sites for hydroxylation is 1. The van der Waals surface area contributed by atoms with Crippen molar-refractivity contribution in [2.75, 3.05) is 13.2 Å². The molecule has 5 nitrogen and oxygen atoms in total. The van der Waals surface area contributed by atoms with E-state index in [0.717, 1.165) is 35.9 Å². The zero-order valence-electron chi connectivity index (χ0n) is 21.8. The Labute approximate surface area is 224 Å². The minimum atomic E-state index is -1.54. The molecule has 7 rings (SSSR count). The molecule has 3 aliphatic heterocycles. The van der Waals surface area contributed by atoms with Crippen LogP contribution >= 0.6 is 11.6 Å². The molecule has 37 heavy (non-hydrogen) atoms. The maximum atomic E-state index is 6.38. The molecule has 1 aliphatic carbocycles. The van der Waals surface area contributed by atoms with Gasteiger partial charge in [-0.1, -0.05) is 48.0 Å². The van der Waals surface area contributed by atoms with Gasteiger partial charge in [0.25, 0.3) is 0 Å². The smallest absolute Gasteiger partial charge is 0.172 e. The van der Waals surface area contributed by atoms with Crippen LogP contribution in [0, 0.1) is 12.3 Å². The molecule has 0 N–H and O–H groups in total. The Bertz CT molecular complexity index is 1470. The van der Waals surface area contributed by atoms with Crippen LogP contribution in [-0.2, 0) is 11.3 Å². The number of benzene rings is 2. The average Bonchev–Trinajstić information content (AvgIpc) is 3.32. The summed E-state index contributed by atoms with van der Waals surface area (Å²) >= 11 is 6.38. The van der Waals surface area contributed by atoms with E-state index in [-0.39, 0.29) is 6.04 Å². The maximum absolute atomic E-state index is 6.38. The lowest BCUT2D eigenvalue weighted by Crippen LogP contribution is -2.48. The van der Waals surface area contributed by atoms with Gasteiger partial charge in [-0.2, -0.15) is 0 Å². The zero-order valence-corrected chi connectivity index (χ0v) is 23.6. The minimum absolute atomic E-state index is 0.135. The lowest BCUT2D eigenvalue weighted by molar-refractivity contribution is 0.0482. The van der Waals surface area contributed by atoms with E-state index in [1.54, 1.807) is 5.19 Å². The van der Waals surface area contributed by atoms with Crippen molar-refractivity contribution in [1.29, 1.82) is 0 Å². The molecule has 1 saturated carbocycles. The van der Waals surface area contributed by atoms with Crippen LogP contribution in [0.4, 0.5) is 0 Å². The van der Waals surface area contributed by atoms with Gasteiger partial charge in [0.1, 0.15) is 6.61 Å². The molecule has 4 aliphatic rings. The molecule has 2 aromatic carbocycles. The summed E-state index contributed by atoms with van der Waals surface area (Å²) in [4.78, 5) is 12.9. The third-order valence-electron chi connectivity index (χ3n) is 8.90. The van der Waals surface area contributed by atoms with Crippen molar-refractivity contribution in [2.45, 2.75) is 57.8 Å². The number of nitrogens with zero attached hydrogens (tertiary/aromatic N) is 4. The Hall–Kier alpha value is -2.83. The fraction of sp³-hybridized carbons (Fsp3) is 0.400. The normalized spacial score (nSPS) is 24.0. The summed E-state index contributed by atoms with van der Waals surface area (Å²) in [6, 6.07) is 14.3. The number of hydrogen-bond donors (Lipinski definition) is 0. The van der Waals surface area contributed by atoms with Crippen LogP contribution in [0.5, 0.6) is 0 Å². The van der Waals surface area contributed by atoms with Gasteiger partial charge in [0, 0.05) is 23.5 Å². The third kappa shape index (κ3) is 3.96. The number of halogens is 1. The number of aromatic nitrogens is 2. The summed E-state index contributed by atoms with van der Waals surface area (Å²) < 4.78 is 2.22. The molecule has 0 bridgehead atoms.